The number of benzene rings is 2. The van der Waals surface area contributed by atoms with Gasteiger partial charge in [-0.1, -0.05) is 42.5 Å². The zero-order valence-electron chi connectivity index (χ0n) is 15.5. The molecule has 5 nitrogen and oxygen atoms in total. The van der Waals surface area contributed by atoms with Gasteiger partial charge in [0.05, 0.1) is 11.3 Å². The van der Waals surface area contributed by atoms with E-state index in [1.807, 2.05) is 35.1 Å². The monoisotopic (exact) mass is 357 g/mol. The molecule has 2 heterocycles. The summed E-state index contributed by atoms with van der Waals surface area (Å²) in [5.41, 5.74) is 4.71. The number of hydrogen-bond acceptors (Lipinski definition) is 4. The fraction of sp³-hybridized carbons (Fsp3) is 0.273. The van der Waals surface area contributed by atoms with Crippen LogP contribution in [0.1, 0.15) is 18.1 Å². The first-order chi connectivity index (χ1) is 13.3. The van der Waals surface area contributed by atoms with Crippen LogP contribution in [-0.2, 0) is 6.54 Å². The van der Waals surface area contributed by atoms with Gasteiger partial charge in [-0.15, -0.1) is 0 Å². The van der Waals surface area contributed by atoms with Crippen LogP contribution in [0.4, 0.5) is 0 Å². The first kappa shape index (κ1) is 17.5. The van der Waals surface area contributed by atoms with E-state index in [-0.39, 0.29) is 0 Å². The van der Waals surface area contributed by atoms with Gasteiger partial charge in [-0.25, -0.2) is 4.68 Å². The van der Waals surface area contributed by atoms with Crippen LogP contribution in [-0.4, -0.2) is 40.4 Å². The maximum atomic E-state index is 10.0. The maximum Gasteiger partial charge on any atom is 0.102 e. The Bertz CT molecular complexity index is 941. The van der Waals surface area contributed by atoms with E-state index in [2.05, 4.69) is 52.6 Å². The molecule has 27 heavy (non-hydrogen) atoms. The molecule has 1 atom stereocenters. The highest BCUT2D eigenvalue weighted by Crippen LogP contribution is 2.32. The van der Waals surface area contributed by atoms with Crippen molar-refractivity contribution in [2.45, 2.75) is 19.5 Å². The van der Waals surface area contributed by atoms with Crippen molar-refractivity contribution >= 4 is 0 Å². The zero-order valence-corrected chi connectivity index (χ0v) is 15.5. The van der Waals surface area contributed by atoms with Crippen molar-refractivity contribution < 1.29 is 0 Å². The molecule has 0 radical (unpaired) electrons. The molecule has 1 aliphatic heterocycles. The second-order valence-electron chi connectivity index (χ2n) is 6.95. The molecule has 1 aromatic heterocycles. The van der Waals surface area contributed by atoms with Crippen molar-refractivity contribution in [3.8, 4) is 22.9 Å². The SMILES string of the molecule is CC1CNCCN1Cc1ccc(-c2ccccc2)c(-n2cccn2)c1C#N. The Morgan fingerprint density at radius 2 is 2.04 bits per heavy atom. The second-order valence-corrected chi connectivity index (χ2v) is 6.95. The molecule has 2 aromatic carbocycles. The molecule has 1 N–H and O–H groups in total. The summed E-state index contributed by atoms with van der Waals surface area (Å²) >= 11 is 0. The first-order valence-electron chi connectivity index (χ1n) is 9.34. The Balaban J connectivity index is 1.83. The highest BCUT2D eigenvalue weighted by atomic mass is 15.3. The fourth-order valence-electron chi connectivity index (χ4n) is 3.72. The van der Waals surface area contributed by atoms with Crippen molar-refractivity contribution in [1.29, 1.82) is 5.26 Å². The van der Waals surface area contributed by atoms with Crippen LogP contribution in [0.15, 0.2) is 60.9 Å². The number of hydrogen-bond donors (Lipinski definition) is 1. The molecule has 136 valence electrons. The molecule has 0 amide bonds. The predicted octanol–water partition coefficient (Wildman–Crippen LogP) is 3.20. The normalized spacial score (nSPS) is 17.6. The van der Waals surface area contributed by atoms with Crippen LogP contribution >= 0.6 is 0 Å². The molecule has 0 saturated carbocycles. The van der Waals surface area contributed by atoms with Gasteiger partial charge in [0.2, 0.25) is 0 Å². The topological polar surface area (TPSA) is 56.9 Å². The van der Waals surface area contributed by atoms with E-state index in [1.54, 1.807) is 6.20 Å². The predicted molar refractivity (Wildman–Crippen MR) is 106 cm³/mol. The zero-order chi connectivity index (χ0) is 18.6. The van der Waals surface area contributed by atoms with Crippen LogP contribution in [0, 0.1) is 11.3 Å². The largest absolute Gasteiger partial charge is 0.314 e. The molecule has 5 heteroatoms. The van der Waals surface area contributed by atoms with Gasteiger partial charge in [0.25, 0.3) is 0 Å². The van der Waals surface area contributed by atoms with E-state index in [0.717, 1.165) is 48.6 Å². The van der Waals surface area contributed by atoms with E-state index < -0.39 is 0 Å². The maximum absolute atomic E-state index is 10.0. The minimum atomic E-state index is 0.451. The summed E-state index contributed by atoms with van der Waals surface area (Å²) < 4.78 is 1.81. The molecule has 0 spiro atoms. The van der Waals surface area contributed by atoms with Gasteiger partial charge >= 0.3 is 0 Å². The van der Waals surface area contributed by atoms with E-state index in [0.29, 0.717) is 11.6 Å². The van der Waals surface area contributed by atoms with Crippen molar-refractivity contribution in [1.82, 2.24) is 20.0 Å². The first-order valence-corrected chi connectivity index (χ1v) is 9.34. The van der Waals surface area contributed by atoms with Gasteiger partial charge in [0.15, 0.2) is 0 Å². The molecule has 0 aliphatic carbocycles. The Labute approximate surface area is 159 Å². The van der Waals surface area contributed by atoms with Crippen molar-refractivity contribution in [3.05, 3.63) is 72.1 Å². The highest BCUT2D eigenvalue weighted by molar-refractivity contribution is 5.77. The number of nitrogens with one attached hydrogen (secondary N) is 1. The molecule has 4 rings (SSSR count). The van der Waals surface area contributed by atoms with E-state index in [4.69, 9.17) is 0 Å². The number of piperazine rings is 1. The Morgan fingerprint density at radius 1 is 1.19 bits per heavy atom. The van der Waals surface area contributed by atoms with Gasteiger partial charge in [-0.2, -0.15) is 10.4 Å². The van der Waals surface area contributed by atoms with Crippen LogP contribution < -0.4 is 5.32 Å². The van der Waals surface area contributed by atoms with Crippen LogP contribution in [0.25, 0.3) is 16.8 Å². The van der Waals surface area contributed by atoms with E-state index in [9.17, 15) is 5.26 Å². The molecule has 0 bridgehead atoms. The standard InChI is InChI=1S/C22H23N5/c1-17-15-24-11-13-26(17)16-19-8-9-20(18-6-3-2-4-7-18)22(21(19)14-23)27-12-5-10-25-27/h2-10,12,17,24H,11,13,15-16H2,1H3. The summed E-state index contributed by atoms with van der Waals surface area (Å²) in [6, 6.07) is 19.2. The second kappa shape index (κ2) is 7.75. The molecule has 1 saturated heterocycles. The van der Waals surface area contributed by atoms with Gasteiger partial charge in [-0.05, 0) is 24.1 Å². The number of nitrogens with zero attached hydrogens (tertiary/aromatic N) is 4. The third-order valence-electron chi connectivity index (χ3n) is 5.21. The molecule has 3 aromatic rings. The Morgan fingerprint density at radius 3 is 2.74 bits per heavy atom. The highest BCUT2D eigenvalue weighted by Gasteiger charge is 2.22. The lowest BCUT2D eigenvalue weighted by molar-refractivity contribution is 0.165. The van der Waals surface area contributed by atoms with E-state index in [1.165, 1.54) is 0 Å². The lowest BCUT2D eigenvalue weighted by Gasteiger charge is -2.34. The summed E-state index contributed by atoms with van der Waals surface area (Å²) in [6.45, 7) is 5.96. The summed E-state index contributed by atoms with van der Waals surface area (Å²) in [5, 5.41) is 17.9. The quantitative estimate of drug-likeness (QED) is 0.779. The summed E-state index contributed by atoms with van der Waals surface area (Å²) in [5.74, 6) is 0. The minimum absolute atomic E-state index is 0.451. The van der Waals surface area contributed by atoms with Crippen LogP contribution in [0.2, 0.25) is 0 Å². The third-order valence-corrected chi connectivity index (χ3v) is 5.21. The number of aromatic nitrogens is 2. The van der Waals surface area contributed by atoms with Gasteiger partial charge < -0.3 is 5.32 Å². The summed E-state index contributed by atoms with van der Waals surface area (Å²) in [7, 11) is 0. The van der Waals surface area contributed by atoms with Gasteiger partial charge in [0, 0.05) is 50.2 Å². The van der Waals surface area contributed by atoms with Crippen LogP contribution in [0.5, 0.6) is 0 Å². The number of rotatable bonds is 4. The average molecular weight is 357 g/mol. The Hall–Kier alpha value is -2.94. The van der Waals surface area contributed by atoms with Gasteiger partial charge in [-0.3, -0.25) is 4.90 Å². The summed E-state index contributed by atoms with van der Waals surface area (Å²) in [6.07, 6.45) is 3.65. The lowest BCUT2D eigenvalue weighted by atomic mass is 9.96. The van der Waals surface area contributed by atoms with Crippen LogP contribution in [0.3, 0.4) is 0 Å². The van der Waals surface area contributed by atoms with Crippen molar-refractivity contribution in [2.24, 2.45) is 0 Å². The third kappa shape index (κ3) is 3.50. The van der Waals surface area contributed by atoms with Crippen molar-refractivity contribution in [3.63, 3.8) is 0 Å². The average Bonchev–Trinajstić information content (AvgIpc) is 3.24. The van der Waals surface area contributed by atoms with Gasteiger partial charge in [0.1, 0.15) is 6.07 Å². The molecular weight excluding hydrogens is 334 g/mol. The van der Waals surface area contributed by atoms with E-state index >= 15 is 0 Å². The number of nitriles is 1. The summed E-state index contributed by atoms with van der Waals surface area (Å²) in [4.78, 5) is 2.43. The van der Waals surface area contributed by atoms with Crippen molar-refractivity contribution in [2.75, 3.05) is 19.6 Å². The minimum Gasteiger partial charge on any atom is -0.314 e. The fourth-order valence-corrected chi connectivity index (χ4v) is 3.72. The molecule has 1 aliphatic rings. The molecular formula is C22H23N5. The molecule has 1 fully saturated rings. The smallest absolute Gasteiger partial charge is 0.102 e. The molecule has 1 unspecified atom stereocenters. The lowest BCUT2D eigenvalue weighted by Crippen LogP contribution is -2.49. The Kier molecular flexibility index (Phi) is 5.01.